The summed E-state index contributed by atoms with van der Waals surface area (Å²) in [6, 6.07) is 7.02. The smallest absolute Gasteiger partial charge is 0.194 e. The lowest BCUT2D eigenvalue weighted by atomic mass is 10.1. The molecule has 2 aromatic carbocycles. The van der Waals surface area contributed by atoms with Crippen molar-refractivity contribution >= 4 is 5.69 Å². The van der Waals surface area contributed by atoms with Gasteiger partial charge in [0, 0.05) is 24.4 Å². The summed E-state index contributed by atoms with van der Waals surface area (Å²) < 4.78 is 51.9. The van der Waals surface area contributed by atoms with E-state index in [1.807, 2.05) is 6.07 Å². The third-order valence-electron chi connectivity index (χ3n) is 2.65. The molecule has 20 heavy (non-hydrogen) atoms. The molecule has 0 heterocycles. The van der Waals surface area contributed by atoms with Gasteiger partial charge in [-0.15, -0.1) is 0 Å². The van der Waals surface area contributed by atoms with Gasteiger partial charge in [0.15, 0.2) is 17.5 Å². The van der Waals surface area contributed by atoms with E-state index in [0.29, 0.717) is 5.56 Å². The molecule has 0 fully saturated rings. The fourth-order valence-corrected chi connectivity index (χ4v) is 1.67. The molecule has 1 N–H and O–H groups in total. The van der Waals surface area contributed by atoms with Crippen LogP contribution >= 0.6 is 0 Å². The first-order chi connectivity index (χ1) is 9.51. The second-order valence-electron chi connectivity index (χ2n) is 4.02. The van der Waals surface area contributed by atoms with Crippen LogP contribution in [0.1, 0.15) is 11.1 Å². The Morgan fingerprint density at radius 3 is 2.25 bits per heavy atom. The molecule has 0 aliphatic rings. The van der Waals surface area contributed by atoms with Crippen molar-refractivity contribution in [1.29, 1.82) is 5.26 Å². The van der Waals surface area contributed by atoms with Gasteiger partial charge in [0.25, 0.3) is 0 Å². The highest BCUT2D eigenvalue weighted by Gasteiger charge is 2.11. The summed E-state index contributed by atoms with van der Waals surface area (Å²) in [5.41, 5.74) is 0.564. The first-order valence-electron chi connectivity index (χ1n) is 5.58. The van der Waals surface area contributed by atoms with Gasteiger partial charge in [-0.3, -0.25) is 0 Å². The molecule has 6 heteroatoms. The van der Waals surface area contributed by atoms with Crippen molar-refractivity contribution in [2.75, 3.05) is 5.32 Å². The van der Waals surface area contributed by atoms with E-state index in [0.717, 1.165) is 24.3 Å². The zero-order valence-corrected chi connectivity index (χ0v) is 10.1. The molecule has 0 aromatic heterocycles. The van der Waals surface area contributed by atoms with Crippen LogP contribution in [-0.2, 0) is 6.54 Å². The summed E-state index contributed by atoms with van der Waals surface area (Å²) in [6.45, 7) is -0.0227. The Morgan fingerprint density at radius 1 is 1.00 bits per heavy atom. The monoisotopic (exact) mass is 280 g/mol. The van der Waals surface area contributed by atoms with Crippen LogP contribution < -0.4 is 5.32 Å². The van der Waals surface area contributed by atoms with Crippen molar-refractivity contribution in [3.63, 3.8) is 0 Å². The predicted molar refractivity (Wildman–Crippen MR) is 64.8 cm³/mol. The maximum atomic E-state index is 13.1. The number of halogens is 4. The second kappa shape index (κ2) is 5.61. The fourth-order valence-electron chi connectivity index (χ4n) is 1.67. The number of hydrogen-bond acceptors (Lipinski definition) is 2. The highest BCUT2D eigenvalue weighted by Crippen LogP contribution is 2.19. The lowest BCUT2D eigenvalue weighted by Gasteiger charge is -2.09. The van der Waals surface area contributed by atoms with Crippen molar-refractivity contribution in [2.45, 2.75) is 6.54 Å². The van der Waals surface area contributed by atoms with Gasteiger partial charge < -0.3 is 5.32 Å². The van der Waals surface area contributed by atoms with Crippen LogP contribution in [0.4, 0.5) is 23.2 Å². The molecule has 2 rings (SSSR count). The topological polar surface area (TPSA) is 35.8 Å². The van der Waals surface area contributed by atoms with Gasteiger partial charge >= 0.3 is 0 Å². The van der Waals surface area contributed by atoms with Crippen LogP contribution in [0, 0.1) is 34.6 Å². The van der Waals surface area contributed by atoms with Crippen molar-refractivity contribution in [3.8, 4) is 6.07 Å². The molecule has 102 valence electrons. The van der Waals surface area contributed by atoms with Gasteiger partial charge in [-0.2, -0.15) is 5.26 Å². The molecule has 0 radical (unpaired) electrons. The third kappa shape index (κ3) is 2.88. The summed E-state index contributed by atoms with van der Waals surface area (Å²) >= 11 is 0. The first kappa shape index (κ1) is 13.9. The third-order valence-corrected chi connectivity index (χ3v) is 2.65. The van der Waals surface area contributed by atoms with E-state index >= 15 is 0 Å². The lowest BCUT2D eigenvalue weighted by molar-refractivity contribution is 0.447. The van der Waals surface area contributed by atoms with Crippen molar-refractivity contribution in [1.82, 2.24) is 0 Å². The minimum absolute atomic E-state index is 0.00505. The van der Waals surface area contributed by atoms with E-state index in [-0.39, 0.29) is 17.8 Å². The van der Waals surface area contributed by atoms with Crippen LogP contribution in [0.5, 0.6) is 0 Å². The number of nitrogens with one attached hydrogen (secondary N) is 1. The van der Waals surface area contributed by atoms with Crippen LogP contribution in [0.2, 0.25) is 0 Å². The quantitative estimate of drug-likeness (QED) is 0.687. The Labute approximate surface area is 112 Å². The summed E-state index contributed by atoms with van der Waals surface area (Å²) in [4.78, 5) is 0. The number of rotatable bonds is 3. The number of nitriles is 1. The van der Waals surface area contributed by atoms with E-state index in [9.17, 15) is 17.6 Å². The van der Waals surface area contributed by atoms with Crippen LogP contribution in [0.15, 0.2) is 30.3 Å². The number of nitrogens with zero attached hydrogens (tertiary/aromatic N) is 1. The van der Waals surface area contributed by atoms with Crippen LogP contribution in [-0.4, -0.2) is 0 Å². The van der Waals surface area contributed by atoms with Crippen molar-refractivity contribution in [2.24, 2.45) is 0 Å². The SMILES string of the molecule is N#Cc1ccc(F)cc1CNc1cc(F)c(F)c(F)c1. The molecule has 0 atom stereocenters. The zero-order chi connectivity index (χ0) is 14.7. The molecular formula is C14H8F4N2. The van der Waals surface area contributed by atoms with Crippen LogP contribution in [0.25, 0.3) is 0 Å². The minimum Gasteiger partial charge on any atom is -0.381 e. The molecule has 0 saturated heterocycles. The van der Waals surface area contributed by atoms with Gasteiger partial charge in [0.1, 0.15) is 5.82 Å². The lowest BCUT2D eigenvalue weighted by Crippen LogP contribution is -2.04. The highest BCUT2D eigenvalue weighted by molar-refractivity contribution is 5.46. The van der Waals surface area contributed by atoms with E-state index in [4.69, 9.17) is 5.26 Å². The minimum atomic E-state index is -1.56. The Bertz CT molecular complexity index is 669. The molecule has 2 nitrogen and oxygen atoms in total. The van der Waals surface area contributed by atoms with Crippen molar-refractivity contribution < 1.29 is 17.6 Å². The van der Waals surface area contributed by atoms with Crippen molar-refractivity contribution in [3.05, 3.63) is 64.7 Å². The van der Waals surface area contributed by atoms with E-state index < -0.39 is 23.3 Å². The first-order valence-corrected chi connectivity index (χ1v) is 5.58. The van der Waals surface area contributed by atoms with E-state index in [1.54, 1.807) is 0 Å². The maximum Gasteiger partial charge on any atom is 0.194 e. The molecule has 0 unspecified atom stereocenters. The van der Waals surface area contributed by atoms with Gasteiger partial charge in [0.2, 0.25) is 0 Å². The van der Waals surface area contributed by atoms with Gasteiger partial charge in [-0.05, 0) is 23.8 Å². The fraction of sp³-hybridized carbons (Fsp3) is 0.0714. The zero-order valence-electron chi connectivity index (χ0n) is 10.1. The molecule has 0 aliphatic carbocycles. The molecule has 0 aliphatic heterocycles. The van der Waals surface area contributed by atoms with Gasteiger partial charge in [-0.25, -0.2) is 17.6 Å². The number of anilines is 1. The Kier molecular flexibility index (Phi) is 3.89. The second-order valence-corrected chi connectivity index (χ2v) is 4.02. The maximum absolute atomic E-state index is 13.1. The normalized spacial score (nSPS) is 10.2. The number of benzene rings is 2. The average Bonchev–Trinajstić information content (AvgIpc) is 2.42. The van der Waals surface area contributed by atoms with E-state index in [2.05, 4.69) is 5.32 Å². The highest BCUT2D eigenvalue weighted by atomic mass is 19.2. The average molecular weight is 280 g/mol. The number of hydrogen-bond donors (Lipinski definition) is 1. The Morgan fingerprint density at radius 2 is 1.65 bits per heavy atom. The molecule has 0 amide bonds. The Hall–Kier alpha value is -2.55. The van der Waals surface area contributed by atoms with Crippen LogP contribution in [0.3, 0.4) is 0 Å². The molecule has 0 saturated carbocycles. The summed E-state index contributed by atoms with van der Waals surface area (Å²) in [5.74, 6) is -4.74. The Balaban J connectivity index is 2.21. The van der Waals surface area contributed by atoms with Gasteiger partial charge in [-0.1, -0.05) is 0 Å². The molecule has 0 spiro atoms. The largest absolute Gasteiger partial charge is 0.381 e. The summed E-state index contributed by atoms with van der Waals surface area (Å²) in [6.07, 6.45) is 0. The van der Waals surface area contributed by atoms with Gasteiger partial charge in [0.05, 0.1) is 11.6 Å². The summed E-state index contributed by atoms with van der Waals surface area (Å²) in [7, 11) is 0. The molecular weight excluding hydrogens is 272 g/mol. The standard InChI is InChI=1S/C14H8F4N2/c15-10-2-1-8(6-19)9(3-10)7-20-11-4-12(16)14(18)13(17)5-11/h1-5,20H,7H2. The molecule has 0 bridgehead atoms. The summed E-state index contributed by atoms with van der Waals surface area (Å²) in [5, 5.41) is 11.5. The molecule has 2 aromatic rings. The van der Waals surface area contributed by atoms with E-state index in [1.165, 1.54) is 6.07 Å². The predicted octanol–water partition coefficient (Wildman–Crippen LogP) is 3.73.